The van der Waals surface area contributed by atoms with Gasteiger partial charge in [0.1, 0.15) is 0 Å². The van der Waals surface area contributed by atoms with E-state index in [1.807, 2.05) is 52.8 Å². The van der Waals surface area contributed by atoms with Crippen LogP contribution in [0.5, 0.6) is 0 Å². The van der Waals surface area contributed by atoms with Gasteiger partial charge >= 0.3 is 0 Å². The zero-order valence-electron chi connectivity index (χ0n) is 18.0. The molecule has 4 heteroatoms. The average Bonchev–Trinajstić information content (AvgIpc) is 2.63. The summed E-state index contributed by atoms with van der Waals surface area (Å²) in [6.45, 7) is 22.9. The molecule has 0 saturated heterocycles. The molecule has 0 aromatic heterocycles. The summed E-state index contributed by atoms with van der Waals surface area (Å²) < 4.78 is 5.92. The van der Waals surface area contributed by atoms with Crippen molar-refractivity contribution in [1.29, 1.82) is 0 Å². The van der Waals surface area contributed by atoms with Gasteiger partial charge in [0.15, 0.2) is 6.10 Å². The fourth-order valence-corrected chi connectivity index (χ4v) is 2.61. The van der Waals surface area contributed by atoms with Crippen molar-refractivity contribution in [2.75, 3.05) is 0 Å². The maximum Gasteiger partial charge on any atom is 0.261 e. The first kappa shape index (κ1) is 25.6. The number of thioether (sulfide) groups is 1. The lowest BCUT2D eigenvalue weighted by Gasteiger charge is -2.29. The molecule has 0 spiro atoms. The summed E-state index contributed by atoms with van der Waals surface area (Å²) in [6, 6.07) is 0. The molecular weight excluding hydrogens is 366 g/mol. The summed E-state index contributed by atoms with van der Waals surface area (Å²) in [5.74, 6) is 3.09. The largest absolute Gasteiger partial charge is 0.485 e. The first-order valence-electron chi connectivity index (χ1n) is 9.19. The third-order valence-corrected chi connectivity index (χ3v) is 4.96. The maximum absolute atomic E-state index is 12.6. The molecule has 152 valence electrons. The van der Waals surface area contributed by atoms with Gasteiger partial charge in [-0.1, -0.05) is 44.2 Å². The number of nitrogens with one attached hydrogen (secondary N) is 1. The van der Waals surface area contributed by atoms with Gasteiger partial charge in [-0.15, -0.1) is 18.2 Å². The minimum Gasteiger partial charge on any atom is -0.485 e. The molecule has 0 heterocycles. The van der Waals surface area contributed by atoms with Gasteiger partial charge in [-0.3, -0.25) is 4.79 Å². The van der Waals surface area contributed by atoms with Crippen molar-refractivity contribution < 1.29 is 9.53 Å². The van der Waals surface area contributed by atoms with Crippen molar-refractivity contribution in [3.8, 4) is 12.3 Å². The number of carbonyl (C=O) groups excluding carboxylic acids is 1. The lowest BCUT2D eigenvalue weighted by Crippen LogP contribution is -2.48. The maximum atomic E-state index is 12.6. The number of hydrogen-bond acceptors (Lipinski definition) is 3. The molecule has 28 heavy (non-hydrogen) atoms. The van der Waals surface area contributed by atoms with Crippen LogP contribution < -0.4 is 5.32 Å². The summed E-state index contributed by atoms with van der Waals surface area (Å²) in [7, 11) is 0. The van der Waals surface area contributed by atoms with E-state index in [9.17, 15) is 4.79 Å². The quantitative estimate of drug-likeness (QED) is 0.261. The summed E-state index contributed by atoms with van der Waals surface area (Å²) in [5, 5.41) is 4.66. The summed E-state index contributed by atoms with van der Waals surface area (Å²) in [5.41, 5.74) is 1.90. The van der Waals surface area contributed by atoms with Gasteiger partial charge in [-0.2, -0.15) is 0 Å². The van der Waals surface area contributed by atoms with E-state index in [0.717, 1.165) is 21.6 Å². The van der Waals surface area contributed by atoms with Gasteiger partial charge in [0.05, 0.1) is 11.3 Å². The Kier molecular flexibility index (Phi) is 11.1. The molecular formula is C24H33NO2S. The van der Waals surface area contributed by atoms with Crippen LogP contribution in [0.25, 0.3) is 0 Å². The molecule has 1 amide bonds. The van der Waals surface area contributed by atoms with E-state index >= 15 is 0 Å². The van der Waals surface area contributed by atoms with Crippen molar-refractivity contribution in [3.63, 3.8) is 0 Å². The molecule has 0 aromatic carbocycles. The summed E-state index contributed by atoms with van der Waals surface area (Å²) >= 11 is 1.40. The predicted molar refractivity (Wildman–Crippen MR) is 124 cm³/mol. The van der Waals surface area contributed by atoms with E-state index in [4.69, 9.17) is 11.2 Å². The fourth-order valence-electron chi connectivity index (χ4n) is 2.06. The monoisotopic (exact) mass is 399 g/mol. The van der Waals surface area contributed by atoms with Crippen molar-refractivity contribution in [2.45, 2.75) is 59.6 Å². The van der Waals surface area contributed by atoms with Crippen LogP contribution in [0.15, 0.2) is 70.8 Å². The molecule has 0 fully saturated rings. The number of allylic oxidation sites excluding steroid dienone is 7. The molecule has 0 radical (unpaired) electrons. The molecule has 0 aliphatic heterocycles. The Balaban J connectivity index is 5.43. The molecule has 1 N–H and O–H groups in total. The lowest BCUT2D eigenvalue weighted by molar-refractivity contribution is -0.130. The number of terminal acetylenes is 1. The normalized spacial score (nSPS) is 14.0. The Bertz CT molecular complexity index is 745. The first-order valence-corrected chi connectivity index (χ1v) is 10.1. The van der Waals surface area contributed by atoms with E-state index in [-0.39, 0.29) is 5.91 Å². The Labute approximate surface area is 175 Å². The zero-order valence-corrected chi connectivity index (χ0v) is 18.8. The van der Waals surface area contributed by atoms with Crippen LogP contribution in [0.2, 0.25) is 0 Å². The van der Waals surface area contributed by atoms with Crippen LogP contribution >= 0.6 is 11.8 Å². The Morgan fingerprint density at radius 2 is 1.96 bits per heavy atom. The molecule has 1 atom stereocenters. The third kappa shape index (κ3) is 8.54. The topological polar surface area (TPSA) is 38.3 Å². The Morgan fingerprint density at radius 1 is 1.36 bits per heavy atom. The molecule has 3 nitrogen and oxygen atoms in total. The first-order chi connectivity index (χ1) is 13.0. The third-order valence-electron chi connectivity index (χ3n) is 4.00. The molecule has 0 rings (SSSR count). The number of amides is 1. The van der Waals surface area contributed by atoms with Gasteiger partial charge in [0.2, 0.25) is 0 Å². The number of ether oxygens (including phenoxy) is 1. The highest BCUT2D eigenvalue weighted by Crippen LogP contribution is 2.26. The highest BCUT2D eigenvalue weighted by Gasteiger charge is 2.27. The summed E-state index contributed by atoms with van der Waals surface area (Å²) in [4.78, 5) is 13.4. The second-order valence-electron chi connectivity index (χ2n) is 6.81. The van der Waals surface area contributed by atoms with Gasteiger partial charge in [-0.25, -0.2) is 0 Å². The van der Waals surface area contributed by atoms with Crippen molar-refractivity contribution in [3.05, 3.63) is 70.8 Å². The molecule has 0 bridgehead atoms. The van der Waals surface area contributed by atoms with Crippen molar-refractivity contribution >= 4 is 17.7 Å². The molecule has 0 aromatic rings. The van der Waals surface area contributed by atoms with Crippen LogP contribution in [-0.2, 0) is 9.53 Å². The highest BCUT2D eigenvalue weighted by atomic mass is 32.2. The highest BCUT2D eigenvalue weighted by molar-refractivity contribution is 8.05. The second-order valence-corrected chi connectivity index (χ2v) is 7.88. The number of hydrogen-bond donors (Lipinski definition) is 1. The number of rotatable bonds is 11. The minimum atomic E-state index is -0.660. The molecule has 0 aliphatic rings. The molecule has 1 unspecified atom stereocenters. The van der Waals surface area contributed by atoms with Crippen LogP contribution in [0.3, 0.4) is 0 Å². The van der Waals surface area contributed by atoms with E-state index in [1.54, 1.807) is 12.3 Å². The van der Waals surface area contributed by atoms with E-state index in [2.05, 4.69) is 31.0 Å². The lowest BCUT2D eigenvalue weighted by atomic mass is 10.0. The number of carbonyl (C=O) groups is 1. The molecule has 0 aliphatic carbocycles. The zero-order chi connectivity index (χ0) is 21.9. The Morgan fingerprint density at radius 3 is 2.39 bits per heavy atom. The van der Waals surface area contributed by atoms with E-state index in [1.165, 1.54) is 11.8 Å². The van der Waals surface area contributed by atoms with E-state index < -0.39 is 11.6 Å². The smallest absolute Gasteiger partial charge is 0.261 e. The van der Waals surface area contributed by atoms with Crippen LogP contribution in [-0.4, -0.2) is 17.6 Å². The molecule has 0 saturated carbocycles. The van der Waals surface area contributed by atoms with Crippen LogP contribution in [0.1, 0.15) is 48.0 Å². The average molecular weight is 400 g/mol. The van der Waals surface area contributed by atoms with Gasteiger partial charge in [-0.05, 0) is 57.8 Å². The SMILES string of the molecule is C#CC(=CC)C=C(C=C(CC)OC(C)C(=O)NC(C)(C)C(=C)SC=C)C(=C)C. The van der Waals surface area contributed by atoms with Crippen molar-refractivity contribution in [1.82, 2.24) is 5.32 Å². The fraction of sp³-hybridized carbons (Fsp3) is 0.375. The van der Waals surface area contributed by atoms with Crippen LogP contribution in [0, 0.1) is 12.3 Å². The predicted octanol–water partition coefficient (Wildman–Crippen LogP) is 6.05. The summed E-state index contributed by atoms with van der Waals surface area (Å²) in [6.07, 6.45) is 11.1. The van der Waals surface area contributed by atoms with Crippen molar-refractivity contribution in [2.24, 2.45) is 0 Å². The van der Waals surface area contributed by atoms with Crippen LogP contribution in [0.4, 0.5) is 0 Å². The van der Waals surface area contributed by atoms with E-state index in [0.29, 0.717) is 12.2 Å². The van der Waals surface area contributed by atoms with Gasteiger partial charge < -0.3 is 10.1 Å². The standard InChI is InChI=1S/C24H33NO2S/c1-11-20(12-2)15-21(17(5)6)16-22(13-3)27-18(7)23(26)25-24(9,10)19(8)28-14-4/h1,12,14-16,18H,4-5,8,13H2,2-3,6-7,9-10H3,(H,25,26). The second kappa shape index (κ2) is 12.2. The minimum absolute atomic E-state index is 0.214. The van der Waals surface area contributed by atoms with Gasteiger partial charge in [0.25, 0.3) is 5.91 Å². The Hall–Kier alpha value is -2.38. The van der Waals surface area contributed by atoms with Gasteiger partial charge in [0, 0.05) is 16.9 Å².